The van der Waals surface area contributed by atoms with E-state index in [0.29, 0.717) is 36.2 Å². The van der Waals surface area contributed by atoms with Crippen molar-refractivity contribution in [2.45, 2.75) is 65.2 Å². The molecule has 134 valence electrons. The molecule has 2 rings (SSSR count). The Morgan fingerprint density at radius 3 is 1.62 bits per heavy atom. The average Bonchev–Trinajstić information content (AvgIpc) is 2.53. The fourth-order valence-corrected chi connectivity index (χ4v) is 3.33. The van der Waals surface area contributed by atoms with E-state index in [1.54, 1.807) is 0 Å². The summed E-state index contributed by atoms with van der Waals surface area (Å²) in [4.78, 5) is 23.7. The molecular weight excluding hydrogens is 300 g/mol. The standard InChI is InChI=1S/C20H32N2O2/c1-15-5-7-17(19(23)11-15)13-21-9-3-4-10-22-14-18-8-6-16(2)12-20(18)24/h13-16,21-22H,3-12H2,1-2H3. The van der Waals surface area contributed by atoms with Gasteiger partial charge in [-0.1, -0.05) is 13.8 Å². The van der Waals surface area contributed by atoms with Crippen molar-refractivity contribution in [1.29, 1.82) is 0 Å². The summed E-state index contributed by atoms with van der Waals surface area (Å²) in [7, 11) is 0. The Bertz CT molecular complexity index is 462. The van der Waals surface area contributed by atoms with Crippen molar-refractivity contribution in [2.24, 2.45) is 11.8 Å². The van der Waals surface area contributed by atoms with Gasteiger partial charge in [-0.2, -0.15) is 0 Å². The van der Waals surface area contributed by atoms with E-state index >= 15 is 0 Å². The second-order valence-corrected chi connectivity index (χ2v) is 7.50. The highest BCUT2D eigenvalue weighted by atomic mass is 16.1. The van der Waals surface area contributed by atoms with Crippen LogP contribution in [0.5, 0.6) is 0 Å². The van der Waals surface area contributed by atoms with Gasteiger partial charge in [0.2, 0.25) is 0 Å². The van der Waals surface area contributed by atoms with Crippen LogP contribution in [0.25, 0.3) is 0 Å². The van der Waals surface area contributed by atoms with Gasteiger partial charge in [-0.25, -0.2) is 0 Å². The zero-order valence-electron chi connectivity index (χ0n) is 15.2. The van der Waals surface area contributed by atoms with Gasteiger partial charge in [0.1, 0.15) is 0 Å². The van der Waals surface area contributed by atoms with E-state index in [9.17, 15) is 9.59 Å². The first-order valence-electron chi connectivity index (χ1n) is 9.47. The van der Waals surface area contributed by atoms with E-state index in [-0.39, 0.29) is 0 Å². The summed E-state index contributed by atoms with van der Waals surface area (Å²) in [6.45, 7) is 6.07. The first kappa shape index (κ1) is 18.8. The Hall–Kier alpha value is -1.58. The lowest BCUT2D eigenvalue weighted by Crippen LogP contribution is -2.20. The van der Waals surface area contributed by atoms with E-state index in [4.69, 9.17) is 0 Å². The Balaban J connectivity index is 1.54. The van der Waals surface area contributed by atoms with Gasteiger partial charge in [-0.15, -0.1) is 0 Å². The normalized spacial score (nSPS) is 28.4. The first-order valence-corrected chi connectivity index (χ1v) is 9.47. The maximum Gasteiger partial charge on any atom is 0.160 e. The zero-order valence-corrected chi connectivity index (χ0v) is 15.2. The monoisotopic (exact) mass is 332 g/mol. The van der Waals surface area contributed by atoms with Crippen LogP contribution in [-0.2, 0) is 9.59 Å². The lowest BCUT2D eigenvalue weighted by atomic mass is 9.86. The number of Topliss-reactive ketones (excluding diaryl/α,β-unsaturated/α-hetero) is 2. The molecule has 0 bridgehead atoms. The third kappa shape index (κ3) is 6.14. The largest absolute Gasteiger partial charge is 0.391 e. The molecule has 4 heteroatoms. The Morgan fingerprint density at radius 1 is 0.833 bits per heavy atom. The molecule has 0 aromatic carbocycles. The van der Waals surface area contributed by atoms with Crippen molar-refractivity contribution in [1.82, 2.24) is 10.6 Å². The predicted molar refractivity (Wildman–Crippen MR) is 97.4 cm³/mol. The van der Waals surface area contributed by atoms with Gasteiger partial charge in [0.15, 0.2) is 11.6 Å². The molecular formula is C20H32N2O2. The highest BCUT2D eigenvalue weighted by Gasteiger charge is 2.20. The molecule has 0 aliphatic heterocycles. The molecule has 0 aromatic rings. The summed E-state index contributed by atoms with van der Waals surface area (Å²) in [5.41, 5.74) is 1.92. The van der Waals surface area contributed by atoms with Gasteiger partial charge in [0, 0.05) is 49.5 Å². The molecule has 2 fully saturated rings. The van der Waals surface area contributed by atoms with E-state index in [1.807, 2.05) is 12.4 Å². The molecule has 2 saturated carbocycles. The van der Waals surface area contributed by atoms with E-state index in [0.717, 1.165) is 62.8 Å². The number of carbonyl (C=O) groups excluding carboxylic acids is 2. The number of hydrogen-bond donors (Lipinski definition) is 2. The molecule has 2 unspecified atom stereocenters. The number of allylic oxidation sites excluding steroid dienone is 2. The Labute approximate surface area is 146 Å². The smallest absolute Gasteiger partial charge is 0.160 e. The summed E-state index contributed by atoms with van der Waals surface area (Å²) in [6, 6.07) is 0. The van der Waals surface area contributed by atoms with Crippen LogP contribution < -0.4 is 10.6 Å². The number of nitrogens with one attached hydrogen (secondary N) is 2. The molecule has 4 nitrogen and oxygen atoms in total. The zero-order chi connectivity index (χ0) is 17.4. The number of carbonyl (C=O) groups is 2. The molecule has 0 aromatic heterocycles. The summed E-state index contributed by atoms with van der Waals surface area (Å²) >= 11 is 0. The lowest BCUT2D eigenvalue weighted by Gasteiger charge is -2.19. The number of ketones is 2. The van der Waals surface area contributed by atoms with E-state index in [1.165, 1.54) is 0 Å². The highest BCUT2D eigenvalue weighted by molar-refractivity contribution is 5.96. The predicted octanol–water partition coefficient (Wildman–Crippen LogP) is 3.49. The van der Waals surface area contributed by atoms with Gasteiger partial charge >= 0.3 is 0 Å². The van der Waals surface area contributed by atoms with Crippen LogP contribution in [0, 0.1) is 11.8 Å². The van der Waals surface area contributed by atoms with E-state index in [2.05, 4.69) is 24.5 Å². The van der Waals surface area contributed by atoms with Crippen molar-refractivity contribution >= 4 is 11.6 Å². The third-order valence-electron chi connectivity index (χ3n) is 5.04. The summed E-state index contributed by atoms with van der Waals surface area (Å²) in [6.07, 6.45) is 11.4. The fraction of sp³-hybridized carbons (Fsp3) is 0.700. The van der Waals surface area contributed by atoms with Crippen LogP contribution in [0.15, 0.2) is 23.5 Å². The SMILES string of the molecule is CC1CCC(=CNCCCCNC=C2CCC(C)CC2=O)C(=O)C1. The molecule has 0 heterocycles. The minimum absolute atomic E-state index is 0.306. The highest BCUT2D eigenvalue weighted by Crippen LogP contribution is 2.25. The Kier molecular flexibility index (Phi) is 7.54. The molecule has 0 radical (unpaired) electrons. The number of unbranched alkanes of at least 4 members (excludes halogenated alkanes) is 1. The van der Waals surface area contributed by atoms with Crippen LogP contribution in [0.4, 0.5) is 0 Å². The van der Waals surface area contributed by atoms with Gasteiger partial charge in [0.25, 0.3) is 0 Å². The molecule has 0 amide bonds. The summed E-state index contributed by atoms with van der Waals surface area (Å²) in [5.74, 6) is 1.69. The van der Waals surface area contributed by atoms with E-state index < -0.39 is 0 Å². The fourth-order valence-electron chi connectivity index (χ4n) is 3.33. The second-order valence-electron chi connectivity index (χ2n) is 7.50. The average molecular weight is 332 g/mol. The molecule has 2 N–H and O–H groups in total. The minimum Gasteiger partial charge on any atom is -0.391 e. The Morgan fingerprint density at radius 2 is 1.25 bits per heavy atom. The van der Waals surface area contributed by atoms with Crippen LogP contribution in [0.1, 0.15) is 65.2 Å². The van der Waals surface area contributed by atoms with Crippen LogP contribution in [-0.4, -0.2) is 24.7 Å². The molecule has 2 aliphatic carbocycles. The third-order valence-corrected chi connectivity index (χ3v) is 5.04. The van der Waals surface area contributed by atoms with Crippen LogP contribution in [0.2, 0.25) is 0 Å². The van der Waals surface area contributed by atoms with Gasteiger partial charge < -0.3 is 10.6 Å². The maximum absolute atomic E-state index is 11.9. The van der Waals surface area contributed by atoms with Crippen molar-refractivity contribution in [3.05, 3.63) is 23.5 Å². The quantitative estimate of drug-likeness (QED) is 0.553. The molecule has 0 saturated heterocycles. The second kappa shape index (κ2) is 9.65. The van der Waals surface area contributed by atoms with Gasteiger partial charge in [-0.3, -0.25) is 9.59 Å². The maximum atomic E-state index is 11.9. The van der Waals surface area contributed by atoms with Crippen molar-refractivity contribution in [3.8, 4) is 0 Å². The van der Waals surface area contributed by atoms with Crippen molar-refractivity contribution in [3.63, 3.8) is 0 Å². The molecule has 0 spiro atoms. The van der Waals surface area contributed by atoms with Gasteiger partial charge in [-0.05, 0) is 50.4 Å². The first-order chi connectivity index (χ1) is 11.6. The topological polar surface area (TPSA) is 58.2 Å². The van der Waals surface area contributed by atoms with Gasteiger partial charge in [0.05, 0.1) is 0 Å². The molecule has 2 aliphatic rings. The number of rotatable bonds is 7. The van der Waals surface area contributed by atoms with Crippen LogP contribution in [0.3, 0.4) is 0 Å². The molecule has 2 atom stereocenters. The summed E-state index contributed by atoms with van der Waals surface area (Å²) < 4.78 is 0. The van der Waals surface area contributed by atoms with Crippen LogP contribution >= 0.6 is 0 Å². The van der Waals surface area contributed by atoms with Crippen molar-refractivity contribution in [2.75, 3.05) is 13.1 Å². The minimum atomic E-state index is 0.306. The summed E-state index contributed by atoms with van der Waals surface area (Å²) in [5, 5.41) is 6.54. The molecule has 24 heavy (non-hydrogen) atoms. The lowest BCUT2D eigenvalue weighted by molar-refractivity contribution is -0.118. The number of hydrogen-bond acceptors (Lipinski definition) is 4. The van der Waals surface area contributed by atoms with Crippen molar-refractivity contribution < 1.29 is 9.59 Å².